The number of hydrogen-bond acceptors (Lipinski definition) is 8. The Morgan fingerprint density at radius 1 is 0.923 bits per heavy atom. The van der Waals surface area contributed by atoms with Crippen molar-refractivity contribution in [3.8, 4) is 0 Å². The highest BCUT2D eigenvalue weighted by atomic mass is 16.4. The van der Waals surface area contributed by atoms with Gasteiger partial charge in [0.2, 0.25) is 23.6 Å². The number of carboxylic acids is 2. The molecule has 0 aliphatic rings. The molecule has 2 aromatic rings. The van der Waals surface area contributed by atoms with Gasteiger partial charge in [0.25, 0.3) is 0 Å². The van der Waals surface area contributed by atoms with E-state index in [1.807, 2.05) is 0 Å². The lowest BCUT2D eigenvalue weighted by molar-refractivity contribution is -0.147. The summed E-state index contributed by atoms with van der Waals surface area (Å²) in [5, 5.41) is 35.5. The average molecular weight is 549 g/mol. The number of fused-ring (bicyclic) bond motifs is 1. The Labute approximate surface area is 222 Å². The molecule has 5 atom stereocenters. The minimum absolute atomic E-state index is 0.148. The van der Waals surface area contributed by atoms with Gasteiger partial charge in [-0.3, -0.25) is 24.0 Å². The third-order valence-corrected chi connectivity index (χ3v) is 5.86. The predicted octanol–water partition coefficient (Wildman–Crippen LogP) is -2.30. The van der Waals surface area contributed by atoms with E-state index in [0.717, 1.165) is 5.52 Å². The number of rotatable bonds is 15. The van der Waals surface area contributed by atoms with E-state index in [9.17, 15) is 39.0 Å². The molecule has 0 spiro atoms. The van der Waals surface area contributed by atoms with Gasteiger partial charge in [0.15, 0.2) is 0 Å². The van der Waals surface area contributed by atoms with Crippen molar-refractivity contribution in [1.29, 1.82) is 0 Å². The number of H-pyrrole nitrogens is 1. The predicted molar refractivity (Wildman–Crippen MR) is 136 cm³/mol. The number of carboxylic acid groups (broad SMARTS) is 2. The SMILES string of the molecule is CC(O)C(N)C(=O)NC(CCC(N)=O)C(=O)NC(Cc1c[nH]c2ccccc12)C(=O)NC(CC(=O)O)C(=O)O. The molecule has 0 fully saturated rings. The normalized spacial score (nSPS) is 14.8. The van der Waals surface area contributed by atoms with Crippen LogP contribution in [0.1, 0.15) is 31.7 Å². The highest BCUT2D eigenvalue weighted by molar-refractivity contribution is 5.95. The Bertz CT molecular complexity index is 1230. The lowest BCUT2D eigenvalue weighted by atomic mass is 10.0. The van der Waals surface area contributed by atoms with Crippen LogP contribution in [0.25, 0.3) is 10.9 Å². The van der Waals surface area contributed by atoms with E-state index in [1.165, 1.54) is 6.92 Å². The smallest absolute Gasteiger partial charge is 0.326 e. The zero-order chi connectivity index (χ0) is 29.3. The molecule has 0 radical (unpaired) electrons. The highest BCUT2D eigenvalue weighted by Gasteiger charge is 2.32. The summed E-state index contributed by atoms with van der Waals surface area (Å²) >= 11 is 0. The summed E-state index contributed by atoms with van der Waals surface area (Å²) in [4.78, 5) is 75.7. The quantitative estimate of drug-likeness (QED) is 0.115. The molecule has 0 bridgehead atoms. The summed E-state index contributed by atoms with van der Waals surface area (Å²) in [7, 11) is 0. The van der Waals surface area contributed by atoms with Crippen LogP contribution in [0.2, 0.25) is 0 Å². The Morgan fingerprint density at radius 2 is 1.51 bits per heavy atom. The highest BCUT2D eigenvalue weighted by Crippen LogP contribution is 2.19. The van der Waals surface area contributed by atoms with Crippen LogP contribution < -0.4 is 27.4 Å². The Balaban J connectivity index is 2.35. The first kappa shape index (κ1) is 30.7. The van der Waals surface area contributed by atoms with E-state index in [2.05, 4.69) is 20.9 Å². The average Bonchev–Trinajstić information content (AvgIpc) is 3.27. The van der Waals surface area contributed by atoms with Gasteiger partial charge in [0.1, 0.15) is 24.2 Å². The fourth-order valence-electron chi connectivity index (χ4n) is 3.69. The van der Waals surface area contributed by atoms with Gasteiger partial charge in [-0.15, -0.1) is 0 Å². The number of carbonyl (C=O) groups excluding carboxylic acids is 4. The molecule has 0 aliphatic carbocycles. The van der Waals surface area contributed by atoms with Crippen LogP contribution in [-0.4, -0.2) is 86.1 Å². The lowest BCUT2D eigenvalue weighted by Gasteiger charge is -2.25. The zero-order valence-corrected chi connectivity index (χ0v) is 21.0. The number of benzene rings is 1. The maximum Gasteiger partial charge on any atom is 0.326 e. The van der Waals surface area contributed by atoms with Gasteiger partial charge in [0.05, 0.1) is 12.5 Å². The molecule has 0 saturated carbocycles. The number of amides is 4. The van der Waals surface area contributed by atoms with Crippen molar-refractivity contribution >= 4 is 46.5 Å². The third kappa shape index (κ3) is 9.08. The van der Waals surface area contributed by atoms with Crippen LogP contribution in [0.3, 0.4) is 0 Å². The molecular weight excluding hydrogens is 516 g/mol. The molecular formula is C24H32N6O9. The molecule has 15 heteroatoms. The molecule has 1 aromatic heterocycles. The van der Waals surface area contributed by atoms with E-state index in [-0.39, 0.29) is 19.3 Å². The first-order valence-electron chi connectivity index (χ1n) is 11.9. The molecule has 212 valence electrons. The van der Waals surface area contributed by atoms with Crippen molar-refractivity contribution in [3.63, 3.8) is 0 Å². The van der Waals surface area contributed by atoms with Crippen LogP contribution in [0.5, 0.6) is 0 Å². The Hall–Kier alpha value is -4.50. The fourth-order valence-corrected chi connectivity index (χ4v) is 3.69. The van der Waals surface area contributed by atoms with Crippen LogP contribution >= 0.6 is 0 Å². The largest absolute Gasteiger partial charge is 0.481 e. The van der Waals surface area contributed by atoms with E-state index in [4.69, 9.17) is 16.6 Å². The van der Waals surface area contributed by atoms with Gasteiger partial charge in [-0.25, -0.2) is 4.79 Å². The minimum atomic E-state index is -1.79. The molecule has 4 amide bonds. The van der Waals surface area contributed by atoms with E-state index < -0.39 is 72.3 Å². The van der Waals surface area contributed by atoms with Gasteiger partial charge in [-0.1, -0.05) is 18.2 Å². The molecule has 15 nitrogen and oxygen atoms in total. The number of primary amides is 1. The molecule has 5 unspecified atom stereocenters. The molecule has 0 aliphatic heterocycles. The molecule has 2 rings (SSSR count). The van der Waals surface area contributed by atoms with E-state index >= 15 is 0 Å². The van der Waals surface area contributed by atoms with Gasteiger partial charge in [-0.05, 0) is 25.0 Å². The van der Waals surface area contributed by atoms with Crippen LogP contribution in [0.4, 0.5) is 0 Å². The fraction of sp³-hybridized carbons (Fsp3) is 0.417. The number of aliphatic carboxylic acids is 2. The number of aromatic amines is 1. The summed E-state index contributed by atoms with van der Waals surface area (Å²) in [6.07, 6.45) is -1.31. The number of nitrogens with one attached hydrogen (secondary N) is 4. The second kappa shape index (κ2) is 13.9. The Morgan fingerprint density at radius 3 is 2.10 bits per heavy atom. The number of hydrogen-bond donors (Lipinski definition) is 9. The monoisotopic (exact) mass is 548 g/mol. The van der Waals surface area contributed by atoms with Crippen LogP contribution in [-0.2, 0) is 35.2 Å². The zero-order valence-electron chi connectivity index (χ0n) is 21.0. The molecule has 1 heterocycles. The lowest BCUT2D eigenvalue weighted by Crippen LogP contribution is -2.58. The van der Waals surface area contributed by atoms with Gasteiger partial charge < -0.3 is 47.7 Å². The molecule has 39 heavy (non-hydrogen) atoms. The number of aromatic nitrogens is 1. The first-order valence-corrected chi connectivity index (χ1v) is 11.9. The van der Waals surface area contributed by atoms with Crippen molar-refractivity contribution in [2.45, 2.75) is 62.9 Å². The number of para-hydroxylation sites is 1. The van der Waals surface area contributed by atoms with Gasteiger partial charge >= 0.3 is 11.9 Å². The van der Waals surface area contributed by atoms with Crippen molar-refractivity contribution < 1.29 is 44.1 Å². The Kier molecular flexibility index (Phi) is 10.9. The van der Waals surface area contributed by atoms with Crippen LogP contribution in [0, 0.1) is 0 Å². The van der Waals surface area contributed by atoms with Crippen molar-refractivity contribution in [2.24, 2.45) is 11.5 Å². The van der Waals surface area contributed by atoms with Crippen molar-refractivity contribution in [1.82, 2.24) is 20.9 Å². The molecule has 1 aromatic carbocycles. The van der Waals surface area contributed by atoms with Gasteiger partial charge in [0, 0.05) is 29.9 Å². The summed E-state index contributed by atoms with van der Waals surface area (Å²) in [5.41, 5.74) is 12.1. The second-order valence-corrected chi connectivity index (χ2v) is 8.95. The summed E-state index contributed by atoms with van der Waals surface area (Å²) in [6, 6.07) is 1.06. The van der Waals surface area contributed by atoms with E-state index in [1.54, 1.807) is 30.5 Å². The summed E-state index contributed by atoms with van der Waals surface area (Å²) in [6.45, 7) is 1.26. The number of carbonyl (C=O) groups is 6. The van der Waals surface area contributed by atoms with Gasteiger partial charge in [-0.2, -0.15) is 0 Å². The number of nitrogens with two attached hydrogens (primary N) is 2. The second-order valence-electron chi connectivity index (χ2n) is 8.95. The topological polar surface area (TPSA) is 267 Å². The number of aliphatic hydroxyl groups excluding tert-OH is 1. The number of aliphatic hydroxyl groups is 1. The summed E-state index contributed by atoms with van der Waals surface area (Å²) < 4.78 is 0. The minimum Gasteiger partial charge on any atom is -0.481 e. The standard InChI is InChI=1S/C24H32N6O9/c1-11(31)20(26)23(37)28-15(6-7-18(25)32)21(35)29-16(22(36)30-17(24(38)39)9-19(33)34)8-12-10-27-14-5-3-2-4-13(12)14/h2-5,10-11,15-17,20,27,31H,6-9,26H2,1H3,(H2,25,32)(H,28,37)(H,29,35)(H,30,36)(H,33,34)(H,38,39). The van der Waals surface area contributed by atoms with E-state index in [0.29, 0.717) is 10.9 Å². The van der Waals surface area contributed by atoms with Crippen LogP contribution in [0.15, 0.2) is 30.5 Å². The first-order chi connectivity index (χ1) is 18.3. The van der Waals surface area contributed by atoms with Crippen molar-refractivity contribution in [2.75, 3.05) is 0 Å². The maximum atomic E-state index is 13.2. The maximum absolute atomic E-state index is 13.2. The molecule has 0 saturated heterocycles. The molecule has 11 N–H and O–H groups in total. The third-order valence-electron chi connectivity index (χ3n) is 5.86. The summed E-state index contributed by atoms with van der Waals surface area (Å²) in [5.74, 6) is -6.66. The van der Waals surface area contributed by atoms with Crippen molar-refractivity contribution in [3.05, 3.63) is 36.0 Å².